The van der Waals surface area contributed by atoms with E-state index in [0.717, 1.165) is 0 Å². The first-order valence-electron chi connectivity index (χ1n) is 5.73. The molecule has 0 aliphatic carbocycles. The molecule has 0 fully saturated rings. The molecular weight excluding hydrogens is 277 g/mol. The van der Waals surface area contributed by atoms with Gasteiger partial charge < -0.3 is 0 Å². The molecule has 0 bridgehead atoms. The minimum absolute atomic E-state index is 0.219. The molecule has 2 nitrogen and oxygen atoms in total. The Kier molecular flexibility index (Phi) is 3.58. The molecule has 0 saturated heterocycles. The van der Waals surface area contributed by atoms with Gasteiger partial charge in [0.2, 0.25) is 0 Å². The average Bonchev–Trinajstić information content (AvgIpc) is 2.68. The molecule has 6 heteroatoms. The molecule has 19 heavy (non-hydrogen) atoms. The highest BCUT2D eigenvalue weighted by Gasteiger charge is 2.39. The molecule has 0 amide bonds. The van der Waals surface area contributed by atoms with Gasteiger partial charge >= 0.3 is 6.18 Å². The van der Waals surface area contributed by atoms with Crippen molar-refractivity contribution in [2.75, 3.05) is 0 Å². The summed E-state index contributed by atoms with van der Waals surface area (Å²) in [6.07, 6.45) is -4.55. The second kappa shape index (κ2) is 4.89. The standard InChI is InChI=1S/C13H12ClF3N2/c1-8(2)19-11(9-6-4-3-5-7-9)10(14)12(18-19)13(15,16)17/h3-8H,1-2H3. The van der Waals surface area contributed by atoms with Crippen molar-refractivity contribution in [3.05, 3.63) is 41.0 Å². The van der Waals surface area contributed by atoms with Crippen LogP contribution < -0.4 is 0 Å². The number of nitrogens with zero attached hydrogens (tertiary/aromatic N) is 2. The molecule has 2 aromatic rings. The summed E-state index contributed by atoms with van der Waals surface area (Å²) in [5.41, 5.74) is -0.129. The van der Waals surface area contributed by atoms with E-state index in [9.17, 15) is 13.2 Å². The maximum absolute atomic E-state index is 12.9. The van der Waals surface area contributed by atoms with Crippen LogP contribution in [-0.4, -0.2) is 9.78 Å². The minimum Gasteiger partial charge on any atom is -0.260 e. The van der Waals surface area contributed by atoms with Crippen LogP contribution in [0.25, 0.3) is 11.3 Å². The van der Waals surface area contributed by atoms with Crippen LogP contribution >= 0.6 is 11.6 Å². The number of alkyl halides is 3. The van der Waals surface area contributed by atoms with Crippen molar-refractivity contribution in [3.63, 3.8) is 0 Å². The van der Waals surface area contributed by atoms with Crippen molar-refractivity contribution < 1.29 is 13.2 Å². The van der Waals surface area contributed by atoms with Gasteiger partial charge in [-0.15, -0.1) is 0 Å². The Bertz CT molecular complexity index is 574. The molecule has 2 rings (SSSR count). The number of halogens is 4. The average molecular weight is 289 g/mol. The van der Waals surface area contributed by atoms with Gasteiger partial charge in [-0.3, -0.25) is 4.68 Å². The minimum atomic E-state index is -4.55. The highest BCUT2D eigenvalue weighted by Crippen LogP contribution is 2.40. The molecule has 0 aliphatic heterocycles. The molecular formula is C13H12ClF3N2. The van der Waals surface area contributed by atoms with Crippen molar-refractivity contribution in [1.29, 1.82) is 0 Å². The third-order valence-electron chi connectivity index (χ3n) is 2.66. The van der Waals surface area contributed by atoms with Crippen molar-refractivity contribution >= 4 is 11.6 Å². The number of hydrogen-bond acceptors (Lipinski definition) is 1. The van der Waals surface area contributed by atoms with Crippen molar-refractivity contribution in [2.24, 2.45) is 0 Å². The van der Waals surface area contributed by atoms with Gasteiger partial charge in [0.1, 0.15) is 0 Å². The zero-order valence-electron chi connectivity index (χ0n) is 10.4. The van der Waals surface area contributed by atoms with Crippen LogP contribution in [0.4, 0.5) is 13.2 Å². The first kappa shape index (κ1) is 13.9. The summed E-state index contributed by atoms with van der Waals surface area (Å²) >= 11 is 5.89. The summed E-state index contributed by atoms with van der Waals surface area (Å²) in [6, 6.07) is 8.48. The van der Waals surface area contributed by atoms with Crippen LogP contribution in [0.3, 0.4) is 0 Å². The van der Waals surface area contributed by atoms with Crippen LogP contribution in [0.5, 0.6) is 0 Å². The maximum atomic E-state index is 12.9. The van der Waals surface area contributed by atoms with E-state index in [2.05, 4.69) is 5.10 Å². The maximum Gasteiger partial charge on any atom is 0.436 e. The van der Waals surface area contributed by atoms with E-state index in [1.807, 2.05) is 0 Å². The van der Waals surface area contributed by atoms with E-state index in [0.29, 0.717) is 11.3 Å². The summed E-state index contributed by atoms with van der Waals surface area (Å²) in [6.45, 7) is 3.52. The number of rotatable bonds is 2. The van der Waals surface area contributed by atoms with Gasteiger partial charge in [0.05, 0.1) is 10.7 Å². The second-order valence-corrected chi connectivity index (χ2v) is 4.79. The lowest BCUT2D eigenvalue weighted by Crippen LogP contribution is -2.09. The lowest BCUT2D eigenvalue weighted by atomic mass is 10.1. The number of hydrogen-bond donors (Lipinski definition) is 0. The van der Waals surface area contributed by atoms with E-state index >= 15 is 0 Å². The van der Waals surface area contributed by atoms with Gasteiger partial charge in [-0.25, -0.2) is 0 Å². The summed E-state index contributed by atoms with van der Waals surface area (Å²) in [5.74, 6) is 0. The fraction of sp³-hybridized carbons (Fsp3) is 0.308. The van der Waals surface area contributed by atoms with Gasteiger partial charge in [0.15, 0.2) is 5.69 Å². The molecule has 0 saturated carbocycles. The van der Waals surface area contributed by atoms with E-state index in [1.54, 1.807) is 44.2 Å². The second-order valence-electron chi connectivity index (χ2n) is 4.41. The van der Waals surface area contributed by atoms with Crippen LogP contribution in [0, 0.1) is 0 Å². The molecule has 102 valence electrons. The highest BCUT2D eigenvalue weighted by molar-refractivity contribution is 6.33. The zero-order valence-corrected chi connectivity index (χ0v) is 11.1. The quantitative estimate of drug-likeness (QED) is 0.776. The Morgan fingerprint density at radius 3 is 2.21 bits per heavy atom. The Hall–Kier alpha value is -1.49. The summed E-state index contributed by atoms with van der Waals surface area (Å²) in [5, 5.41) is 3.26. The molecule has 1 heterocycles. The zero-order chi connectivity index (χ0) is 14.2. The third-order valence-corrected chi connectivity index (χ3v) is 3.02. The molecule has 1 aromatic heterocycles. The van der Waals surface area contributed by atoms with E-state index in [-0.39, 0.29) is 11.1 Å². The Balaban J connectivity index is 2.69. The third kappa shape index (κ3) is 2.61. The summed E-state index contributed by atoms with van der Waals surface area (Å²) in [7, 11) is 0. The van der Waals surface area contributed by atoms with Gasteiger partial charge in [-0.2, -0.15) is 18.3 Å². The van der Waals surface area contributed by atoms with Gasteiger partial charge in [-0.1, -0.05) is 41.9 Å². The van der Waals surface area contributed by atoms with Gasteiger partial charge in [-0.05, 0) is 13.8 Å². The molecule has 1 aromatic carbocycles. The van der Waals surface area contributed by atoms with E-state index in [1.165, 1.54) is 4.68 Å². The SMILES string of the molecule is CC(C)n1nc(C(F)(F)F)c(Cl)c1-c1ccccc1. The van der Waals surface area contributed by atoms with E-state index < -0.39 is 11.9 Å². The molecule has 0 radical (unpaired) electrons. The largest absolute Gasteiger partial charge is 0.436 e. The van der Waals surface area contributed by atoms with Crippen LogP contribution in [-0.2, 0) is 6.18 Å². The lowest BCUT2D eigenvalue weighted by Gasteiger charge is -2.11. The summed E-state index contributed by atoms with van der Waals surface area (Å²) < 4.78 is 39.9. The van der Waals surface area contributed by atoms with Crippen LogP contribution in [0.15, 0.2) is 30.3 Å². The predicted molar refractivity (Wildman–Crippen MR) is 68.1 cm³/mol. The summed E-state index contributed by atoms with van der Waals surface area (Å²) in [4.78, 5) is 0. The monoisotopic (exact) mass is 288 g/mol. The Morgan fingerprint density at radius 2 is 1.74 bits per heavy atom. The van der Waals surface area contributed by atoms with Crippen LogP contribution in [0.1, 0.15) is 25.6 Å². The highest BCUT2D eigenvalue weighted by atomic mass is 35.5. The molecule has 0 atom stereocenters. The van der Waals surface area contributed by atoms with Crippen LogP contribution in [0.2, 0.25) is 5.02 Å². The number of benzene rings is 1. The fourth-order valence-electron chi connectivity index (χ4n) is 1.82. The smallest absolute Gasteiger partial charge is 0.260 e. The van der Waals surface area contributed by atoms with Crippen molar-refractivity contribution in [3.8, 4) is 11.3 Å². The Labute approximate surface area is 113 Å². The molecule has 0 unspecified atom stereocenters. The predicted octanol–water partition coefficient (Wildman–Crippen LogP) is 4.80. The topological polar surface area (TPSA) is 17.8 Å². The fourth-order valence-corrected chi connectivity index (χ4v) is 2.16. The van der Waals surface area contributed by atoms with Gasteiger partial charge in [0, 0.05) is 11.6 Å². The first-order chi connectivity index (χ1) is 8.82. The Morgan fingerprint density at radius 1 is 1.16 bits per heavy atom. The molecule has 0 spiro atoms. The molecule has 0 N–H and O–H groups in total. The van der Waals surface area contributed by atoms with Crippen molar-refractivity contribution in [1.82, 2.24) is 9.78 Å². The first-order valence-corrected chi connectivity index (χ1v) is 6.10. The van der Waals surface area contributed by atoms with Gasteiger partial charge in [0.25, 0.3) is 0 Å². The number of aromatic nitrogens is 2. The lowest BCUT2D eigenvalue weighted by molar-refractivity contribution is -0.141. The van der Waals surface area contributed by atoms with Crippen molar-refractivity contribution in [2.45, 2.75) is 26.1 Å². The normalized spacial score (nSPS) is 12.2. The van der Waals surface area contributed by atoms with E-state index in [4.69, 9.17) is 11.6 Å². The molecule has 0 aliphatic rings.